The normalized spacial score (nSPS) is 9.50. The molecule has 0 spiro atoms. The molecule has 2 aromatic heterocycles. The van der Waals surface area contributed by atoms with Gasteiger partial charge < -0.3 is 9.97 Å². The zero-order chi connectivity index (χ0) is 9.38. The smallest absolute Gasteiger partial charge is 0.360 e. The van der Waals surface area contributed by atoms with Gasteiger partial charge in [-0.15, -0.1) is 35.0 Å². The SMILES string of the molecule is [Rb+].[Rb+].[c-]1ccnc2c1ccc1[c-]ccnc12. The van der Waals surface area contributed by atoms with E-state index in [0.29, 0.717) is 0 Å². The first-order valence-corrected chi connectivity index (χ1v) is 4.37. The molecule has 0 radical (unpaired) electrons. The molecule has 0 aliphatic carbocycles. The summed E-state index contributed by atoms with van der Waals surface area (Å²) in [6, 6.07) is 13.8. The van der Waals surface area contributed by atoms with E-state index in [1.165, 1.54) is 0 Å². The van der Waals surface area contributed by atoms with Crippen molar-refractivity contribution in [3.8, 4) is 0 Å². The maximum atomic E-state index is 4.30. The molecule has 4 heteroatoms. The van der Waals surface area contributed by atoms with Crippen LogP contribution in [0.4, 0.5) is 0 Å². The molecule has 0 amide bonds. The summed E-state index contributed by atoms with van der Waals surface area (Å²) in [4.78, 5) is 8.59. The summed E-state index contributed by atoms with van der Waals surface area (Å²) in [5.74, 6) is 0. The Morgan fingerprint density at radius 1 is 0.750 bits per heavy atom. The topological polar surface area (TPSA) is 25.8 Å². The Balaban J connectivity index is 0.000000640. The molecule has 0 bridgehead atoms. The third-order valence-corrected chi connectivity index (χ3v) is 2.19. The first-order chi connectivity index (χ1) is 6.95. The molecule has 0 saturated heterocycles. The third kappa shape index (κ3) is 3.15. The van der Waals surface area contributed by atoms with Gasteiger partial charge in [-0.3, -0.25) is 0 Å². The van der Waals surface area contributed by atoms with Gasteiger partial charge in [0.1, 0.15) is 0 Å². The summed E-state index contributed by atoms with van der Waals surface area (Å²) in [5.41, 5.74) is 1.78. The molecular formula is C12H6N2Rb2. The van der Waals surface area contributed by atoms with E-state index in [2.05, 4.69) is 22.1 Å². The standard InChI is InChI=1S/C12H6N2.2Rb/c1-3-9-5-6-10-4-2-8-14-12(10)11(9)13-7-1;;/h1-2,5-8H;;/q-2;2*+1. The summed E-state index contributed by atoms with van der Waals surface area (Å²) in [7, 11) is 0. The van der Waals surface area contributed by atoms with Gasteiger partial charge in [0.05, 0.1) is 0 Å². The van der Waals surface area contributed by atoms with Crippen LogP contribution in [0.25, 0.3) is 21.8 Å². The average molecular weight is 349 g/mol. The van der Waals surface area contributed by atoms with Crippen LogP contribution in [0.5, 0.6) is 0 Å². The van der Waals surface area contributed by atoms with Crippen molar-refractivity contribution in [2.45, 2.75) is 0 Å². The second-order valence-electron chi connectivity index (χ2n) is 3.04. The molecule has 0 saturated carbocycles. The molecule has 3 aromatic rings. The molecule has 66 valence electrons. The van der Waals surface area contributed by atoms with Crippen molar-refractivity contribution in [2.24, 2.45) is 0 Å². The Kier molecular flexibility index (Phi) is 7.16. The molecule has 0 N–H and O–H groups in total. The Hall–Kier alpha value is 1.65. The van der Waals surface area contributed by atoms with Crippen LogP contribution in [0.1, 0.15) is 0 Å². The van der Waals surface area contributed by atoms with Gasteiger partial charge in [-0.05, 0) is 11.0 Å². The number of benzene rings is 1. The van der Waals surface area contributed by atoms with Crippen molar-refractivity contribution in [3.05, 3.63) is 48.8 Å². The van der Waals surface area contributed by atoms with Crippen molar-refractivity contribution in [1.82, 2.24) is 9.97 Å². The minimum Gasteiger partial charge on any atom is -0.360 e. The van der Waals surface area contributed by atoms with Gasteiger partial charge in [0.2, 0.25) is 0 Å². The second kappa shape index (κ2) is 7.29. The molecule has 1 aromatic carbocycles. The summed E-state index contributed by atoms with van der Waals surface area (Å²) in [6.45, 7) is 0. The van der Waals surface area contributed by atoms with Crippen LogP contribution >= 0.6 is 0 Å². The Morgan fingerprint density at radius 2 is 1.19 bits per heavy atom. The van der Waals surface area contributed by atoms with Crippen molar-refractivity contribution >= 4 is 21.8 Å². The van der Waals surface area contributed by atoms with Crippen LogP contribution in [0.2, 0.25) is 0 Å². The summed E-state index contributed by atoms with van der Waals surface area (Å²) < 4.78 is 0. The van der Waals surface area contributed by atoms with E-state index >= 15 is 0 Å². The van der Waals surface area contributed by atoms with E-state index in [4.69, 9.17) is 0 Å². The largest absolute Gasteiger partial charge is 1.00 e. The number of rotatable bonds is 0. The van der Waals surface area contributed by atoms with E-state index in [9.17, 15) is 0 Å². The number of hydrogen-bond acceptors (Lipinski definition) is 2. The first-order valence-electron chi connectivity index (χ1n) is 4.37. The van der Waals surface area contributed by atoms with Gasteiger partial charge in [0.15, 0.2) is 0 Å². The molecule has 16 heavy (non-hydrogen) atoms. The minimum atomic E-state index is 0. The van der Waals surface area contributed by atoms with E-state index in [0.717, 1.165) is 21.8 Å². The van der Waals surface area contributed by atoms with Crippen LogP contribution < -0.4 is 116 Å². The van der Waals surface area contributed by atoms with E-state index < -0.39 is 0 Å². The summed E-state index contributed by atoms with van der Waals surface area (Å²) >= 11 is 0. The molecule has 2 heterocycles. The summed E-state index contributed by atoms with van der Waals surface area (Å²) in [6.07, 6.45) is 3.47. The van der Waals surface area contributed by atoms with Crippen molar-refractivity contribution < 1.29 is 116 Å². The molecule has 2 nitrogen and oxygen atoms in total. The van der Waals surface area contributed by atoms with Gasteiger partial charge in [-0.25, -0.2) is 0 Å². The molecule has 3 rings (SSSR count). The van der Waals surface area contributed by atoms with Crippen molar-refractivity contribution in [3.63, 3.8) is 0 Å². The summed E-state index contributed by atoms with van der Waals surface area (Å²) in [5, 5.41) is 1.99. The van der Waals surface area contributed by atoms with Gasteiger partial charge in [-0.1, -0.05) is 12.4 Å². The predicted molar refractivity (Wildman–Crippen MR) is 54.7 cm³/mol. The maximum Gasteiger partial charge on any atom is 1.00 e. The van der Waals surface area contributed by atoms with Crippen LogP contribution in [-0.2, 0) is 0 Å². The number of aromatic nitrogens is 2. The van der Waals surface area contributed by atoms with Crippen LogP contribution in [-0.4, -0.2) is 9.97 Å². The molecule has 0 aliphatic rings. The molecule has 0 aliphatic heterocycles. The fourth-order valence-corrected chi connectivity index (χ4v) is 1.55. The molecule has 0 fully saturated rings. The zero-order valence-electron chi connectivity index (χ0n) is 9.36. The number of nitrogens with zero attached hydrogens (tertiary/aromatic N) is 2. The minimum absolute atomic E-state index is 0. The molecular weight excluding hydrogens is 343 g/mol. The van der Waals surface area contributed by atoms with E-state index in [1.54, 1.807) is 24.5 Å². The van der Waals surface area contributed by atoms with Gasteiger partial charge in [-0.2, -0.15) is 12.1 Å². The number of hydrogen-bond donors (Lipinski definition) is 0. The fourth-order valence-electron chi connectivity index (χ4n) is 1.55. The van der Waals surface area contributed by atoms with Crippen LogP contribution in [0, 0.1) is 12.1 Å². The van der Waals surface area contributed by atoms with E-state index in [1.807, 2.05) is 12.1 Å². The number of fused-ring (bicyclic) bond motifs is 3. The van der Waals surface area contributed by atoms with Crippen molar-refractivity contribution in [2.75, 3.05) is 0 Å². The zero-order valence-corrected chi connectivity index (χ0v) is 19.2. The second-order valence-corrected chi connectivity index (χ2v) is 3.04. The fraction of sp³-hybridized carbons (Fsp3) is 0. The van der Waals surface area contributed by atoms with Crippen molar-refractivity contribution in [1.29, 1.82) is 0 Å². The molecule has 0 unspecified atom stereocenters. The Morgan fingerprint density at radius 3 is 1.62 bits per heavy atom. The van der Waals surface area contributed by atoms with Gasteiger partial charge >= 0.3 is 116 Å². The van der Waals surface area contributed by atoms with Crippen LogP contribution in [0.15, 0.2) is 36.7 Å². The van der Waals surface area contributed by atoms with Gasteiger partial charge in [0, 0.05) is 0 Å². The average Bonchev–Trinajstić information content (AvgIpc) is 2.29. The molecule has 0 atom stereocenters. The number of pyridine rings is 2. The van der Waals surface area contributed by atoms with Gasteiger partial charge in [0.25, 0.3) is 0 Å². The quantitative estimate of drug-likeness (QED) is 0.310. The Bertz CT molecular complexity index is 556. The predicted octanol–water partition coefficient (Wildman–Crippen LogP) is -3.61. The Labute approximate surface area is 192 Å². The first kappa shape index (κ1) is 15.7. The van der Waals surface area contributed by atoms with Crippen LogP contribution in [0.3, 0.4) is 0 Å². The van der Waals surface area contributed by atoms with E-state index in [-0.39, 0.29) is 116 Å². The monoisotopic (exact) mass is 348 g/mol. The third-order valence-electron chi connectivity index (χ3n) is 2.19. The maximum absolute atomic E-state index is 4.30.